The minimum Gasteiger partial charge on any atom is -0.494 e. The number of aryl methyl sites for hydroxylation is 1. The molecule has 1 unspecified atom stereocenters. The van der Waals surface area contributed by atoms with Crippen LogP contribution in [-0.4, -0.2) is 70.9 Å². The van der Waals surface area contributed by atoms with E-state index in [0.29, 0.717) is 19.6 Å². The van der Waals surface area contributed by atoms with Crippen LogP contribution < -0.4 is 15.8 Å². The minimum absolute atomic E-state index is 0.318. The van der Waals surface area contributed by atoms with Crippen molar-refractivity contribution in [2.45, 2.75) is 63.5 Å². The first-order valence-electron chi connectivity index (χ1n) is 12.6. The second-order valence-electron chi connectivity index (χ2n) is 10.3. The Kier molecular flexibility index (Phi) is 10.4. The predicted molar refractivity (Wildman–Crippen MR) is 146 cm³/mol. The number of benzene rings is 2. The normalized spacial score (nSPS) is 24.1. The van der Waals surface area contributed by atoms with E-state index in [1.54, 1.807) is 6.26 Å². The third kappa shape index (κ3) is 7.69. The number of amides is 1. The molecule has 3 rings (SSSR count). The lowest BCUT2D eigenvalue weighted by molar-refractivity contribution is -0.200. The number of rotatable bonds is 12. The molecule has 1 fully saturated rings. The molecule has 1 saturated heterocycles. The lowest BCUT2D eigenvalue weighted by Crippen LogP contribution is -2.52. The molecule has 37 heavy (non-hydrogen) atoms. The van der Waals surface area contributed by atoms with Gasteiger partial charge in [-0.2, -0.15) is 0 Å². The van der Waals surface area contributed by atoms with Gasteiger partial charge in [0, 0.05) is 6.54 Å². The lowest BCUT2D eigenvalue weighted by Gasteiger charge is -2.40. The van der Waals surface area contributed by atoms with Crippen LogP contribution in [-0.2, 0) is 16.0 Å². The van der Waals surface area contributed by atoms with Crippen molar-refractivity contribution in [2.75, 3.05) is 26.0 Å². The summed E-state index contributed by atoms with van der Waals surface area (Å²) in [6, 6.07) is 13.9. The Labute approximate surface area is 223 Å². The number of carbonyl (C=O) groups excluding carboxylic acids is 1. The van der Waals surface area contributed by atoms with E-state index in [2.05, 4.69) is 5.32 Å². The fraction of sp³-hybridized carbons (Fsp3) is 0.536. The molecule has 1 amide bonds. The average molecular weight is 533 g/mol. The molecule has 9 heteroatoms. The van der Waals surface area contributed by atoms with Crippen LogP contribution in [0.3, 0.4) is 0 Å². The molecule has 1 aliphatic rings. The number of nitrogens with one attached hydrogen (secondary N) is 1. The fourth-order valence-corrected chi connectivity index (χ4v) is 4.85. The third-order valence-electron chi connectivity index (χ3n) is 6.82. The van der Waals surface area contributed by atoms with Gasteiger partial charge in [0.2, 0.25) is 5.91 Å². The Morgan fingerprint density at radius 2 is 1.81 bits per heavy atom. The number of nitrogens with two attached hydrogens (primary N) is 1. The van der Waals surface area contributed by atoms with Gasteiger partial charge in [0.25, 0.3) is 0 Å². The van der Waals surface area contributed by atoms with Crippen LogP contribution in [0.5, 0.6) is 5.75 Å². The van der Waals surface area contributed by atoms with Gasteiger partial charge in [-0.05, 0) is 80.8 Å². The monoisotopic (exact) mass is 532 g/mol. The van der Waals surface area contributed by atoms with Crippen molar-refractivity contribution in [3.8, 4) is 5.75 Å². The highest BCUT2D eigenvalue weighted by molar-refractivity contribution is 7.99. The topological polar surface area (TPSA) is 134 Å². The van der Waals surface area contributed by atoms with E-state index in [1.165, 1.54) is 11.8 Å². The zero-order valence-electron chi connectivity index (χ0n) is 22.0. The number of aliphatic hydroxyl groups is 3. The zero-order chi connectivity index (χ0) is 27.2. The number of thioether (sulfide) groups is 1. The van der Waals surface area contributed by atoms with E-state index in [4.69, 9.17) is 15.2 Å². The number of hydrogen-bond acceptors (Lipinski definition) is 8. The van der Waals surface area contributed by atoms with Crippen molar-refractivity contribution < 1.29 is 29.6 Å². The molecule has 6 N–H and O–H groups in total. The number of ether oxygens (including phenoxy) is 2. The van der Waals surface area contributed by atoms with Gasteiger partial charge in [-0.1, -0.05) is 30.3 Å². The van der Waals surface area contributed by atoms with Crippen molar-refractivity contribution in [3.05, 3.63) is 64.7 Å². The van der Waals surface area contributed by atoms with E-state index in [9.17, 15) is 20.1 Å². The van der Waals surface area contributed by atoms with Gasteiger partial charge in [-0.25, -0.2) is 0 Å². The molecule has 0 bridgehead atoms. The van der Waals surface area contributed by atoms with E-state index >= 15 is 0 Å². The molecule has 0 saturated carbocycles. The Morgan fingerprint density at radius 3 is 2.46 bits per heavy atom. The van der Waals surface area contributed by atoms with Gasteiger partial charge in [-0.3, -0.25) is 4.79 Å². The van der Waals surface area contributed by atoms with Gasteiger partial charge in [0.15, 0.2) is 0 Å². The molecule has 0 radical (unpaired) electrons. The second-order valence-corrected chi connectivity index (χ2v) is 11.2. The number of hydrogen-bond donors (Lipinski definition) is 5. The van der Waals surface area contributed by atoms with Crippen LogP contribution in [0.15, 0.2) is 42.5 Å². The Balaban J connectivity index is 1.54. The SMILES string of the molecule is CS[C@H]1OC(c2ccc(C)c(Cc3ccc(OCCCNCC(C)(C)C(N)=O)cc3)c2)[C@H](O)[C@@H](O)[C@@H]1O. The number of aliphatic hydroxyl groups excluding tert-OH is 3. The van der Waals surface area contributed by atoms with E-state index in [0.717, 1.165) is 41.0 Å². The molecule has 1 heterocycles. The van der Waals surface area contributed by atoms with E-state index < -0.39 is 35.3 Å². The van der Waals surface area contributed by atoms with Crippen LogP contribution in [0.1, 0.15) is 48.6 Å². The first-order chi connectivity index (χ1) is 17.5. The maximum Gasteiger partial charge on any atom is 0.224 e. The third-order valence-corrected chi connectivity index (χ3v) is 7.68. The number of carbonyl (C=O) groups is 1. The molecule has 8 nitrogen and oxygen atoms in total. The summed E-state index contributed by atoms with van der Waals surface area (Å²) in [6.45, 7) is 7.51. The van der Waals surface area contributed by atoms with Gasteiger partial charge in [0.1, 0.15) is 35.6 Å². The van der Waals surface area contributed by atoms with Gasteiger partial charge >= 0.3 is 0 Å². The predicted octanol–water partition coefficient (Wildman–Crippen LogP) is 2.30. The maximum atomic E-state index is 11.4. The zero-order valence-corrected chi connectivity index (χ0v) is 22.8. The standard InChI is InChI=1S/C28H40N2O6S/c1-17-6-9-19(25-23(32)22(31)24(33)26(36-25)37-4)15-20(17)14-18-7-10-21(11-8-18)35-13-5-12-30-16-28(2,3)27(29)34/h6-11,15,22-26,30-33H,5,12-14,16H2,1-4H3,(H2,29,34)/t22-,23-,24+,25?,26-/m1/s1. The van der Waals surface area contributed by atoms with Crippen LogP contribution in [0.2, 0.25) is 0 Å². The molecule has 2 aromatic carbocycles. The molecule has 1 aliphatic heterocycles. The fourth-order valence-electron chi connectivity index (χ4n) is 4.18. The summed E-state index contributed by atoms with van der Waals surface area (Å²) in [7, 11) is 0. The summed E-state index contributed by atoms with van der Waals surface area (Å²) in [6.07, 6.45) is -1.05. The summed E-state index contributed by atoms with van der Waals surface area (Å²) in [5.41, 5.74) is 8.29. The molecule has 204 valence electrons. The number of primary amides is 1. The van der Waals surface area contributed by atoms with Gasteiger partial charge in [0.05, 0.1) is 12.0 Å². The molecular weight excluding hydrogens is 492 g/mol. The molecule has 5 atom stereocenters. The van der Waals surface area contributed by atoms with Crippen molar-refractivity contribution in [2.24, 2.45) is 11.1 Å². The Morgan fingerprint density at radius 1 is 1.11 bits per heavy atom. The maximum absolute atomic E-state index is 11.4. The first-order valence-corrected chi connectivity index (χ1v) is 13.9. The molecule has 0 aromatic heterocycles. The Bertz CT molecular complexity index is 1030. The van der Waals surface area contributed by atoms with E-state index in [1.807, 2.05) is 63.2 Å². The first kappa shape index (κ1) is 29.4. The van der Waals surface area contributed by atoms with Crippen molar-refractivity contribution in [1.29, 1.82) is 0 Å². The molecule has 0 spiro atoms. The highest BCUT2D eigenvalue weighted by Gasteiger charge is 2.44. The smallest absolute Gasteiger partial charge is 0.224 e. The van der Waals surface area contributed by atoms with Crippen molar-refractivity contribution in [1.82, 2.24) is 5.32 Å². The van der Waals surface area contributed by atoms with Crippen LogP contribution >= 0.6 is 11.8 Å². The second kappa shape index (κ2) is 13.1. The quantitative estimate of drug-likeness (QED) is 0.263. The average Bonchev–Trinajstić information content (AvgIpc) is 2.87. The van der Waals surface area contributed by atoms with Gasteiger partial charge < -0.3 is 35.8 Å². The highest BCUT2D eigenvalue weighted by atomic mass is 32.2. The summed E-state index contributed by atoms with van der Waals surface area (Å²) >= 11 is 1.30. The lowest BCUT2D eigenvalue weighted by atomic mass is 9.91. The highest BCUT2D eigenvalue weighted by Crippen LogP contribution is 2.36. The Hall–Kier alpha value is -2.14. The molecule has 2 aromatic rings. The van der Waals surface area contributed by atoms with Crippen LogP contribution in [0.25, 0.3) is 0 Å². The van der Waals surface area contributed by atoms with Crippen molar-refractivity contribution in [3.63, 3.8) is 0 Å². The van der Waals surface area contributed by atoms with Crippen LogP contribution in [0.4, 0.5) is 0 Å². The van der Waals surface area contributed by atoms with Gasteiger partial charge in [-0.15, -0.1) is 11.8 Å². The summed E-state index contributed by atoms with van der Waals surface area (Å²) in [5.74, 6) is 0.474. The van der Waals surface area contributed by atoms with Crippen LogP contribution in [0, 0.1) is 12.3 Å². The molecular formula is C28H40N2O6S. The van der Waals surface area contributed by atoms with E-state index in [-0.39, 0.29) is 5.91 Å². The summed E-state index contributed by atoms with van der Waals surface area (Å²) < 4.78 is 11.8. The largest absolute Gasteiger partial charge is 0.494 e. The summed E-state index contributed by atoms with van der Waals surface area (Å²) in [5, 5.41) is 34.2. The molecule has 0 aliphatic carbocycles. The minimum atomic E-state index is -1.27. The summed E-state index contributed by atoms with van der Waals surface area (Å²) in [4.78, 5) is 11.4. The van der Waals surface area contributed by atoms with Crippen molar-refractivity contribution >= 4 is 17.7 Å².